The molecule has 15 heteroatoms. The molecule has 0 spiro atoms. The van der Waals surface area contributed by atoms with Gasteiger partial charge in [-0.1, -0.05) is 0 Å². The summed E-state index contributed by atoms with van der Waals surface area (Å²) in [5, 5.41) is 15.8. The van der Waals surface area contributed by atoms with Gasteiger partial charge in [-0.05, 0) is 30.3 Å². The van der Waals surface area contributed by atoms with Crippen LogP contribution in [0.4, 0.5) is 16.0 Å². The monoisotopic (exact) mass is 564 g/mol. The van der Waals surface area contributed by atoms with Gasteiger partial charge in [0.2, 0.25) is 11.8 Å². The minimum Gasteiger partial charge on any atom is -0.461 e. The number of piperazine rings is 1. The average Bonchev–Trinajstić information content (AvgIpc) is 3.71. The molecule has 214 valence electrons. The van der Waals surface area contributed by atoms with Crippen LogP contribution in [0.15, 0.2) is 45.8 Å². The van der Waals surface area contributed by atoms with E-state index in [1.54, 1.807) is 35.9 Å². The van der Waals surface area contributed by atoms with E-state index >= 15 is 0 Å². The third-order valence-electron chi connectivity index (χ3n) is 7.28. The standard InChI is InChI=1S/C26H29FN10O4/c1-33-20-22(31-25(28)37-23(20)30-21(32-37)19-3-2-14-41-19)36(26(33)40)12-9-34-7-10-35(11-8-34)18-5-4-16(15-17(18)27)24(39)29-6-13-38/h2-5,14-15,38H,6-13H2,1H3,(H2,28,31)(H,29,39). The van der Waals surface area contributed by atoms with Crippen LogP contribution in [0.2, 0.25) is 0 Å². The van der Waals surface area contributed by atoms with Gasteiger partial charge in [0.05, 0.1) is 18.6 Å². The van der Waals surface area contributed by atoms with Crippen LogP contribution in [-0.4, -0.2) is 90.5 Å². The fraction of sp³-hybridized carbons (Fsp3) is 0.346. The number of imidazole rings is 1. The van der Waals surface area contributed by atoms with Crippen molar-refractivity contribution in [2.75, 3.05) is 56.5 Å². The molecule has 4 aromatic heterocycles. The highest BCUT2D eigenvalue weighted by Crippen LogP contribution is 2.24. The number of aliphatic hydroxyl groups is 1. The maximum atomic E-state index is 14.8. The molecule has 0 bridgehead atoms. The fourth-order valence-corrected chi connectivity index (χ4v) is 5.13. The largest absolute Gasteiger partial charge is 0.461 e. The zero-order valence-electron chi connectivity index (χ0n) is 22.3. The number of hydrogen-bond donors (Lipinski definition) is 3. The SMILES string of the molecule is Cn1c(=O)n(CCN2CCN(c3ccc(C(=O)NCCO)cc3F)CC2)c2nc(N)n3nc(-c4ccco4)nc3c21. The van der Waals surface area contributed by atoms with E-state index in [1.807, 2.05) is 4.90 Å². The highest BCUT2D eigenvalue weighted by molar-refractivity contribution is 5.94. The van der Waals surface area contributed by atoms with Gasteiger partial charge < -0.3 is 25.5 Å². The van der Waals surface area contributed by atoms with E-state index in [4.69, 9.17) is 15.3 Å². The number of hydrogen-bond acceptors (Lipinski definition) is 10. The number of rotatable bonds is 8. The molecule has 1 aliphatic rings. The molecular formula is C26H29FN10O4. The van der Waals surface area contributed by atoms with Crippen molar-refractivity contribution >= 4 is 34.4 Å². The second-order valence-corrected chi connectivity index (χ2v) is 9.76. The lowest BCUT2D eigenvalue weighted by Gasteiger charge is -2.36. The van der Waals surface area contributed by atoms with E-state index in [1.165, 1.54) is 21.4 Å². The molecule has 5 aromatic rings. The van der Waals surface area contributed by atoms with E-state index in [9.17, 15) is 14.0 Å². The summed E-state index contributed by atoms with van der Waals surface area (Å²) in [7, 11) is 1.66. The smallest absolute Gasteiger partial charge is 0.330 e. The summed E-state index contributed by atoms with van der Waals surface area (Å²) in [6, 6.07) is 7.87. The number of anilines is 2. The lowest BCUT2D eigenvalue weighted by Crippen LogP contribution is -2.47. The van der Waals surface area contributed by atoms with Gasteiger partial charge in [-0.15, -0.1) is 5.10 Å². The van der Waals surface area contributed by atoms with Gasteiger partial charge in [-0.2, -0.15) is 9.50 Å². The highest BCUT2D eigenvalue weighted by Gasteiger charge is 2.24. The molecule has 1 saturated heterocycles. The number of furan rings is 1. The number of nitrogens with zero attached hydrogens (tertiary/aromatic N) is 8. The first kappa shape index (κ1) is 26.5. The van der Waals surface area contributed by atoms with Crippen LogP contribution < -0.4 is 21.6 Å². The van der Waals surface area contributed by atoms with Gasteiger partial charge in [0.1, 0.15) is 11.3 Å². The summed E-state index contributed by atoms with van der Waals surface area (Å²) in [5.74, 6) is 0.00650. The van der Waals surface area contributed by atoms with Crippen molar-refractivity contribution in [1.82, 2.24) is 38.9 Å². The van der Waals surface area contributed by atoms with Crippen molar-refractivity contribution in [2.45, 2.75) is 6.54 Å². The molecule has 1 aromatic carbocycles. The molecule has 1 amide bonds. The Morgan fingerprint density at radius 2 is 1.95 bits per heavy atom. The molecule has 5 heterocycles. The van der Waals surface area contributed by atoms with Crippen molar-refractivity contribution in [3.63, 3.8) is 0 Å². The summed E-state index contributed by atoms with van der Waals surface area (Å²) in [6.07, 6.45) is 1.53. The molecule has 0 radical (unpaired) electrons. The molecule has 0 aliphatic carbocycles. The topological polar surface area (TPSA) is 165 Å². The number of benzene rings is 1. The first-order chi connectivity index (χ1) is 19.9. The average molecular weight is 565 g/mol. The predicted octanol–water partition coefficient (Wildman–Crippen LogP) is 0.303. The van der Waals surface area contributed by atoms with Gasteiger partial charge in [0.25, 0.3) is 5.91 Å². The summed E-state index contributed by atoms with van der Waals surface area (Å²) < 4.78 is 24.7. The first-order valence-corrected chi connectivity index (χ1v) is 13.2. The van der Waals surface area contributed by atoms with Crippen molar-refractivity contribution in [3.05, 3.63) is 58.5 Å². The van der Waals surface area contributed by atoms with Crippen LogP contribution in [0.5, 0.6) is 0 Å². The normalized spacial score (nSPS) is 14.4. The quantitative estimate of drug-likeness (QED) is 0.239. The number of aliphatic hydroxyl groups excluding tert-OH is 1. The van der Waals surface area contributed by atoms with E-state index in [-0.39, 0.29) is 30.4 Å². The maximum absolute atomic E-state index is 14.8. The molecule has 4 N–H and O–H groups in total. The summed E-state index contributed by atoms with van der Waals surface area (Å²) >= 11 is 0. The molecule has 6 rings (SSSR count). The number of aromatic nitrogens is 6. The lowest BCUT2D eigenvalue weighted by molar-refractivity contribution is 0.0944. The van der Waals surface area contributed by atoms with Crippen LogP contribution in [-0.2, 0) is 13.6 Å². The molecule has 1 fully saturated rings. The second-order valence-electron chi connectivity index (χ2n) is 9.76. The summed E-state index contributed by atoms with van der Waals surface area (Å²) in [6.45, 7) is 3.37. The Bertz CT molecular complexity index is 1780. The van der Waals surface area contributed by atoms with E-state index in [2.05, 4.69) is 25.3 Å². The van der Waals surface area contributed by atoms with Crippen LogP contribution in [0.25, 0.3) is 28.4 Å². The number of carbonyl (C=O) groups is 1. The zero-order chi connectivity index (χ0) is 28.7. The Kier molecular flexibility index (Phi) is 6.88. The lowest BCUT2D eigenvalue weighted by atomic mass is 10.1. The van der Waals surface area contributed by atoms with Crippen molar-refractivity contribution < 1.29 is 18.7 Å². The second kappa shape index (κ2) is 10.7. The number of nitrogen functional groups attached to an aromatic ring is 1. The Morgan fingerprint density at radius 3 is 2.66 bits per heavy atom. The van der Waals surface area contributed by atoms with Crippen molar-refractivity contribution in [2.24, 2.45) is 7.05 Å². The van der Waals surface area contributed by atoms with Crippen LogP contribution >= 0.6 is 0 Å². The summed E-state index contributed by atoms with van der Waals surface area (Å²) in [5.41, 5.74) is 7.94. The molecule has 1 aliphatic heterocycles. The number of amides is 1. The van der Waals surface area contributed by atoms with E-state index in [0.717, 1.165) is 0 Å². The number of nitrogens with one attached hydrogen (secondary N) is 1. The van der Waals surface area contributed by atoms with E-state index < -0.39 is 11.7 Å². The molecule has 0 saturated carbocycles. The first-order valence-electron chi connectivity index (χ1n) is 13.2. The molecule has 41 heavy (non-hydrogen) atoms. The Labute approximate surface area is 232 Å². The number of nitrogens with two attached hydrogens (primary N) is 1. The predicted molar refractivity (Wildman–Crippen MR) is 148 cm³/mol. The fourth-order valence-electron chi connectivity index (χ4n) is 5.13. The summed E-state index contributed by atoms with van der Waals surface area (Å²) in [4.78, 5) is 38.5. The van der Waals surface area contributed by atoms with Crippen LogP contribution in [0.1, 0.15) is 10.4 Å². The molecule has 0 atom stereocenters. The third kappa shape index (κ3) is 4.78. The van der Waals surface area contributed by atoms with Crippen LogP contribution in [0, 0.1) is 5.82 Å². The Hall–Kier alpha value is -4.76. The van der Waals surface area contributed by atoms with Crippen molar-refractivity contribution in [3.8, 4) is 11.6 Å². The van der Waals surface area contributed by atoms with E-state index in [0.29, 0.717) is 73.4 Å². The molecule has 14 nitrogen and oxygen atoms in total. The van der Waals surface area contributed by atoms with Crippen LogP contribution in [0.3, 0.4) is 0 Å². The molecular weight excluding hydrogens is 535 g/mol. The Morgan fingerprint density at radius 1 is 1.15 bits per heavy atom. The Balaban J connectivity index is 1.16. The van der Waals surface area contributed by atoms with Gasteiger partial charge in [-0.3, -0.25) is 18.8 Å². The number of fused-ring (bicyclic) bond motifs is 3. The molecule has 0 unspecified atom stereocenters. The highest BCUT2D eigenvalue weighted by atomic mass is 19.1. The number of aryl methyl sites for hydroxylation is 1. The minimum atomic E-state index is -0.476. The number of halogens is 1. The van der Waals surface area contributed by atoms with Gasteiger partial charge >= 0.3 is 5.69 Å². The van der Waals surface area contributed by atoms with Crippen molar-refractivity contribution in [1.29, 1.82) is 0 Å². The van der Waals surface area contributed by atoms with Gasteiger partial charge in [0.15, 0.2) is 17.1 Å². The van der Waals surface area contributed by atoms with Gasteiger partial charge in [0, 0.05) is 58.4 Å². The minimum absolute atomic E-state index is 0.102. The maximum Gasteiger partial charge on any atom is 0.330 e. The van der Waals surface area contributed by atoms with Gasteiger partial charge in [-0.25, -0.2) is 14.2 Å². The zero-order valence-corrected chi connectivity index (χ0v) is 22.3. The third-order valence-corrected chi connectivity index (χ3v) is 7.28. The number of carbonyl (C=O) groups excluding carboxylic acids is 1.